The van der Waals surface area contributed by atoms with Crippen molar-refractivity contribution in [2.24, 2.45) is 0 Å². The second kappa shape index (κ2) is 8.83. The Hall–Kier alpha value is -2.67. The number of nitrogens with one attached hydrogen (secondary N) is 1. The number of amides is 2. The summed E-state index contributed by atoms with van der Waals surface area (Å²) >= 11 is 0. The zero-order chi connectivity index (χ0) is 17.4. The molecule has 2 aromatic rings. The molecule has 2 heterocycles. The highest BCUT2D eigenvalue weighted by Gasteiger charge is 2.15. The van der Waals surface area contributed by atoms with E-state index in [1.807, 2.05) is 49.3 Å². The van der Waals surface area contributed by atoms with E-state index in [0.29, 0.717) is 25.4 Å². The van der Waals surface area contributed by atoms with Gasteiger partial charge in [-0.05, 0) is 24.3 Å². The molecular formula is C17H23N5O2. The number of nitrogens with zero attached hydrogens (tertiary/aromatic N) is 4. The van der Waals surface area contributed by atoms with Crippen LogP contribution in [0.3, 0.4) is 0 Å². The summed E-state index contributed by atoms with van der Waals surface area (Å²) in [5, 5.41) is 2.86. The lowest BCUT2D eigenvalue weighted by Gasteiger charge is -2.22. The van der Waals surface area contributed by atoms with Crippen molar-refractivity contribution in [1.82, 2.24) is 14.9 Å². The van der Waals surface area contributed by atoms with Gasteiger partial charge in [-0.25, -0.2) is 9.78 Å². The van der Waals surface area contributed by atoms with Crippen LogP contribution in [0.1, 0.15) is 5.69 Å². The number of hydrogen-bond donors (Lipinski definition) is 1. The Balaban J connectivity index is 2.03. The van der Waals surface area contributed by atoms with Crippen LogP contribution in [-0.2, 0) is 11.3 Å². The van der Waals surface area contributed by atoms with Gasteiger partial charge in [0.25, 0.3) is 0 Å². The SMILES string of the molecule is COCCN(Cc1ccccn1)C(=O)Nc1ccc(N(C)C)nc1. The maximum Gasteiger partial charge on any atom is 0.322 e. The molecule has 24 heavy (non-hydrogen) atoms. The molecular weight excluding hydrogens is 306 g/mol. The van der Waals surface area contributed by atoms with Crippen LogP contribution < -0.4 is 10.2 Å². The van der Waals surface area contributed by atoms with Crippen molar-refractivity contribution >= 4 is 17.5 Å². The lowest BCUT2D eigenvalue weighted by atomic mass is 10.3. The summed E-state index contributed by atoms with van der Waals surface area (Å²) < 4.78 is 5.09. The van der Waals surface area contributed by atoms with Gasteiger partial charge in [-0.3, -0.25) is 4.98 Å². The fraction of sp³-hybridized carbons (Fsp3) is 0.353. The summed E-state index contributed by atoms with van der Waals surface area (Å²) in [4.78, 5) is 24.7. The highest BCUT2D eigenvalue weighted by Crippen LogP contribution is 2.13. The van der Waals surface area contributed by atoms with E-state index in [1.54, 1.807) is 24.4 Å². The molecule has 0 spiro atoms. The Kier molecular flexibility index (Phi) is 6.51. The minimum absolute atomic E-state index is 0.211. The van der Waals surface area contributed by atoms with E-state index < -0.39 is 0 Å². The number of rotatable bonds is 7. The van der Waals surface area contributed by atoms with E-state index in [-0.39, 0.29) is 6.03 Å². The topological polar surface area (TPSA) is 70.6 Å². The van der Waals surface area contributed by atoms with Gasteiger partial charge in [-0.15, -0.1) is 0 Å². The van der Waals surface area contributed by atoms with E-state index >= 15 is 0 Å². The maximum atomic E-state index is 12.5. The molecule has 0 aliphatic heterocycles. The molecule has 0 bridgehead atoms. The first kappa shape index (κ1) is 17.7. The third-order valence-electron chi connectivity index (χ3n) is 3.39. The number of ether oxygens (including phenoxy) is 1. The molecule has 0 fully saturated rings. The Labute approximate surface area is 142 Å². The van der Waals surface area contributed by atoms with Crippen LogP contribution in [0.2, 0.25) is 0 Å². The van der Waals surface area contributed by atoms with Crippen LogP contribution in [0.15, 0.2) is 42.7 Å². The normalized spacial score (nSPS) is 10.3. The number of pyridine rings is 2. The number of aromatic nitrogens is 2. The molecule has 2 amide bonds. The summed E-state index contributed by atoms with van der Waals surface area (Å²) in [5.41, 5.74) is 1.47. The quantitative estimate of drug-likeness (QED) is 0.843. The third kappa shape index (κ3) is 5.20. The highest BCUT2D eigenvalue weighted by molar-refractivity contribution is 5.89. The fourth-order valence-electron chi connectivity index (χ4n) is 2.07. The number of methoxy groups -OCH3 is 1. The summed E-state index contributed by atoms with van der Waals surface area (Å²) in [6, 6.07) is 9.11. The van der Waals surface area contributed by atoms with Gasteiger partial charge in [0.15, 0.2) is 0 Å². The molecule has 0 saturated heterocycles. The molecule has 7 heteroatoms. The van der Waals surface area contributed by atoms with Gasteiger partial charge in [0.05, 0.1) is 30.7 Å². The Morgan fingerprint density at radius 1 is 1.21 bits per heavy atom. The summed E-state index contributed by atoms with van der Waals surface area (Å²) in [6.07, 6.45) is 3.36. The summed E-state index contributed by atoms with van der Waals surface area (Å²) in [5.74, 6) is 0.831. The number of carbonyl (C=O) groups is 1. The van der Waals surface area contributed by atoms with Crippen LogP contribution in [0.4, 0.5) is 16.3 Å². The van der Waals surface area contributed by atoms with E-state index in [2.05, 4.69) is 15.3 Å². The molecule has 0 atom stereocenters. The van der Waals surface area contributed by atoms with Crippen molar-refractivity contribution in [2.75, 3.05) is 44.6 Å². The Bertz CT molecular complexity index is 631. The van der Waals surface area contributed by atoms with Crippen LogP contribution in [0.25, 0.3) is 0 Å². The number of urea groups is 1. The van der Waals surface area contributed by atoms with Gasteiger partial charge in [-0.1, -0.05) is 6.07 Å². The second-order valence-electron chi connectivity index (χ2n) is 5.47. The molecule has 0 aromatic carbocycles. The molecule has 7 nitrogen and oxygen atoms in total. The minimum atomic E-state index is -0.211. The maximum absolute atomic E-state index is 12.5. The van der Waals surface area contributed by atoms with Crippen molar-refractivity contribution in [3.63, 3.8) is 0 Å². The van der Waals surface area contributed by atoms with Gasteiger partial charge in [0.2, 0.25) is 0 Å². The molecule has 0 saturated carbocycles. The average Bonchev–Trinajstić information content (AvgIpc) is 2.60. The van der Waals surface area contributed by atoms with E-state index in [0.717, 1.165) is 11.5 Å². The van der Waals surface area contributed by atoms with Crippen molar-refractivity contribution in [3.05, 3.63) is 48.4 Å². The van der Waals surface area contributed by atoms with Gasteiger partial charge in [0.1, 0.15) is 5.82 Å². The molecule has 0 unspecified atom stereocenters. The summed E-state index contributed by atoms with van der Waals surface area (Å²) in [6.45, 7) is 1.35. The van der Waals surface area contributed by atoms with Crippen LogP contribution in [-0.4, -0.2) is 55.3 Å². The van der Waals surface area contributed by atoms with Crippen LogP contribution in [0, 0.1) is 0 Å². The van der Waals surface area contributed by atoms with Gasteiger partial charge < -0.3 is 19.9 Å². The van der Waals surface area contributed by atoms with Crippen LogP contribution >= 0.6 is 0 Å². The van der Waals surface area contributed by atoms with Crippen molar-refractivity contribution in [1.29, 1.82) is 0 Å². The zero-order valence-electron chi connectivity index (χ0n) is 14.3. The molecule has 2 aromatic heterocycles. The predicted octanol–water partition coefficient (Wildman–Crippen LogP) is 2.22. The molecule has 1 N–H and O–H groups in total. The molecule has 2 rings (SSSR count). The Morgan fingerprint density at radius 2 is 2.04 bits per heavy atom. The molecule has 128 valence electrons. The molecule has 0 radical (unpaired) electrons. The monoisotopic (exact) mass is 329 g/mol. The van der Waals surface area contributed by atoms with Crippen molar-refractivity contribution in [2.45, 2.75) is 6.54 Å². The Morgan fingerprint density at radius 3 is 2.62 bits per heavy atom. The predicted molar refractivity (Wildman–Crippen MR) is 94.1 cm³/mol. The molecule has 0 aliphatic rings. The van der Waals surface area contributed by atoms with E-state index in [4.69, 9.17) is 4.74 Å². The standard InChI is InChI=1S/C17H23N5O2/c1-21(2)16-8-7-14(12-19-16)20-17(23)22(10-11-24-3)13-15-6-4-5-9-18-15/h4-9,12H,10-11,13H2,1-3H3,(H,20,23). The lowest BCUT2D eigenvalue weighted by Crippen LogP contribution is -2.37. The minimum Gasteiger partial charge on any atom is -0.383 e. The second-order valence-corrected chi connectivity index (χ2v) is 5.47. The number of hydrogen-bond acceptors (Lipinski definition) is 5. The van der Waals surface area contributed by atoms with Gasteiger partial charge in [-0.2, -0.15) is 0 Å². The van der Waals surface area contributed by atoms with Gasteiger partial charge in [0, 0.05) is 33.9 Å². The third-order valence-corrected chi connectivity index (χ3v) is 3.39. The first-order valence-electron chi connectivity index (χ1n) is 7.68. The van der Waals surface area contributed by atoms with Gasteiger partial charge >= 0.3 is 6.03 Å². The van der Waals surface area contributed by atoms with Crippen molar-refractivity contribution in [3.8, 4) is 0 Å². The van der Waals surface area contributed by atoms with E-state index in [9.17, 15) is 4.79 Å². The summed E-state index contributed by atoms with van der Waals surface area (Å²) in [7, 11) is 5.45. The van der Waals surface area contributed by atoms with E-state index in [1.165, 1.54) is 0 Å². The number of carbonyl (C=O) groups excluding carboxylic acids is 1. The smallest absolute Gasteiger partial charge is 0.322 e. The highest BCUT2D eigenvalue weighted by atomic mass is 16.5. The lowest BCUT2D eigenvalue weighted by molar-refractivity contribution is 0.152. The first-order valence-corrected chi connectivity index (χ1v) is 7.68. The fourth-order valence-corrected chi connectivity index (χ4v) is 2.07. The van der Waals surface area contributed by atoms with Crippen molar-refractivity contribution < 1.29 is 9.53 Å². The largest absolute Gasteiger partial charge is 0.383 e. The average molecular weight is 329 g/mol. The molecule has 0 aliphatic carbocycles. The first-order chi connectivity index (χ1) is 11.6. The number of anilines is 2. The zero-order valence-corrected chi connectivity index (χ0v) is 14.3. The van der Waals surface area contributed by atoms with Crippen LogP contribution in [0.5, 0.6) is 0 Å².